The van der Waals surface area contributed by atoms with Crippen LogP contribution in [-0.2, 0) is 4.79 Å². The Morgan fingerprint density at radius 1 is 1.28 bits per heavy atom. The minimum atomic E-state index is -0.0759. The lowest BCUT2D eigenvalue weighted by Gasteiger charge is -2.23. The average molecular weight is 254 g/mol. The Morgan fingerprint density at radius 3 is 2.44 bits per heavy atom. The van der Waals surface area contributed by atoms with Crippen molar-refractivity contribution in [3.63, 3.8) is 0 Å². The monoisotopic (exact) mass is 254 g/mol. The molecule has 3 atom stereocenters. The molecule has 1 aliphatic carbocycles. The van der Waals surface area contributed by atoms with Gasteiger partial charge >= 0.3 is 0 Å². The second kappa shape index (κ2) is 7.78. The van der Waals surface area contributed by atoms with Gasteiger partial charge in [0.25, 0.3) is 0 Å². The number of hydrogen-bond acceptors (Lipinski definition) is 2. The van der Waals surface area contributed by atoms with Gasteiger partial charge in [-0.25, -0.2) is 0 Å². The summed E-state index contributed by atoms with van der Waals surface area (Å²) >= 11 is 0. The van der Waals surface area contributed by atoms with E-state index < -0.39 is 0 Å². The van der Waals surface area contributed by atoms with Crippen LogP contribution in [0.5, 0.6) is 0 Å². The zero-order chi connectivity index (χ0) is 13.5. The van der Waals surface area contributed by atoms with Gasteiger partial charge in [-0.3, -0.25) is 4.79 Å². The topological polar surface area (TPSA) is 41.1 Å². The number of amides is 1. The molecule has 0 bridgehead atoms. The molecule has 3 nitrogen and oxygen atoms in total. The summed E-state index contributed by atoms with van der Waals surface area (Å²) in [6, 6.07) is 0.711. The fourth-order valence-corrected chi connectivity index (χ4v) is 2.41. The van der Waals surface area contributed by atoms with E-state index in [1.54, 1.807) is 0 Å². The number of nitrogens with one attached hydrogen (secondary N) is 2. The highest BCUT2D eigenvalue weighted by molar-refractivity contribution is 5.81. The van der Waals surface area contributed by atoms with Crippen molar-refractivity contribution < 1.29 is 4.79 Å². The van der Waals surface area contributed by atoms with E-state index in [1.165, 1.54) is 19.3 Å². The molecule has 0 aromatic heterocycles. The molecular weight excluding hydrogens is 224 g/mol. The Hall–Kier alpha value is -0.570. The van der Waals surface area contributed by atoms with Crippen LogP contribution >= 0.6 is 0 Å². The smallest absolute Gasteiger partial charge is 0.237 e. The van der Waals surface area contributed by atoms with Gasteiger partial charge < -0.3 is 10.6 Å². The van der Waals surface area contributed by atoms with Crippen molar-refractivity contribution in [2.75, 3.05) is 0 Å². The number of rotatable bonds is 9. The Morgan fingerprint density at radius 2 is 1.94 bits per heavy atom. The molecule has 0 saturated heterocycles. The highest BCUT2D eigenvalue weighted by Gasteiger charge is 2.26. The predicted octanol–water partition coefficient (Wildman–Crippen LogP) is 2.85. The summed E-state index contributed by atoms with van der Waals surface area (Å²) in [5.74, 6) is 1.06. The van der Waals surface area contributed by atoms with Crippen molar-refractivity contribution in [2.45, 2.75) is 84.3 Å². The summed E-state index contributed by atoms with van der Waals surface area (Å²) in [6.07, 6.45) is 7.27. The van der Waals surface area contributed by atoms with Gasteiger partial charge in [-0.2, -0.15) is 0 Å². The van der Waals surface area contributed by atoms with Gasteiger partial charge in [-0.1, -0.05) is 33.1 Å². The van der Waals surface area contributed by atoms with E-state index in [9.17, 15) is 4.79 Å². The lowest BCUT2D eigenvalue weighted by atomic mass is 10.1. The van der Waals surface area contributed by atoms with Gasteiger partial charge in [0.1, 0.15) is 0 Å². The van der Waals surface area contributed by atoms with Crippen molar-refractivity contribution in [3.8, 4) is 0 Å². The van der Waals surface area contributed by atoms with Crippen LogP contribution in [0, 0.1) is 5.92 Å². The van der Waals surface area contributed by atoms with Crippen molar-refractivity contribution in [1.82, 2.24) is 10.6 Å². The van der Waals surface area contributed by atoms with E-state index in [1.807, 2.05) is 6.92 Å². The maximum absolute atomic E-state index is 12.0. The summed E-state index contributed by atoms with van der Waals surface area (Å²) in [5, 5.41) is 6.55. The maximum atomic E-state index is 12.0. The number of carbonyl (C=O) groups excluding carboxylic acids is 1. The zero-order valence-corrected chi connectivity index (χ0v) is 12.5. The first-order valence-electron chi connectivity index (χ1n) is 7.63. The average Bonchev–Trinajstić information content (AvgIpc) is 3.12. The third kappa shape index (κ3) is 5.85. The zero-order valence-electron chi connectivity index (χ0n) is 12.5. The lowest BCUT2D eigenvalue weighted by molar-refractivity contribution is -0.123. The van der Waals surface area contributed by atoms with Crippen molar-refractivity contribution in [1.29, 1.82) is 0 Å². The lowest BCUT2D eigenvalue weighted by Crippen LogP contribution is -2.48. The molecule has 0 aromatic rings. The maximum Gasteiger partial charge on any atom is 0.237 e. The van der Waals surface area contributed by atoms with E-state index >= 15 is 0 Å². The first-order chi connectivity index (χ1) is 8.56. The van der Waals surface area contributed by atoms with Crippen LogP contribution in [0.25, 0.3) is 0 Å². The molecule has 106 valence electrons. The molecule has 1 aliphatic rings. The van der Waals surface area contributed by atoms with Crippen molar-refractivity contribution in [2.24, 2.45) is 5.92 Å². The quantitative estimate of drug-likeness (QED) is 0.664. The van der Waals surface area contributed by atoms with Gasteiger partial charge in [0.15, 0.2) is 0 Å². The molecule has 1 saturated carbocycles. The number of hydrogen-bond donors (Lipinski definition) is 2. The summed E-state index contributed by atoms with van der Waals surface area (Å²) in [6.45, 7) is 8.40. The van der Waals surface area contributed by atoms with E-state index in [0.29, 0.717) is 6.04 Å². The molecule has 0 aliphatic heterocycles. The minimum absolute atomic E-state index is 0.0759. The molecule has 18 heavy (non-hydrogen) atoms. The molecular formula is C15H30N2O. The predicted molar refractivity (Wildman–Crippen MR) is 76.5 cm³/mol. The van der Waals surface area contributed by atoms with Crippen molar-refractivity contribution in [3.05, 3.63) is 0 Å². The normalized spacial score (nSPS) is 20.2. The minimum Gasteiger partial charge on any atom is -0.352 e. The third-order valence-electron chi connectivity index (χ3n) is 3.80. The standard InChI is InChI=1S/C15H30N2O/c1-5-7-11(3)16-15(18)12(4)17-14(6-2)10-13-8-9-13/h11-14,17H,5-10H2,1-4H3,(H,16,18). The van der Waals surface area contributed by atoms with E-state index in [4.69, 9.17) is 0 Å². The second-order valence-electron chi connectivity index (χ2n) is 5.87. The first-order valence-corrected chi connectivity index (χ1v) is 7.63. The van der Waals surface area contributed by atoms with Crippen LogP contribution in [0.3, 0.4) is 0 Å². The van der Waals surface area contributed by atoms with Crippen LogP contribution in [0.4, 0.5) is 0 Å². The van der Waals surface area contributed by atoms with Gasteiger partial charge in [-0.15, -0.1) is 0 Å². The molecule has 0 spiro atoms. The van der Waals surface area contributed by atoms with Gasteiger partial charge in [0.2, 0.25) is 5.91 Å². The van der Waals surface area contributed by atoms with Gasteiger partial charge in [0.05, 0.1) is 6.04 Å². The van der Waals surface area contributed by atoms with E-state index in [-0.39, 0.29) is 18.0 Å². The molecule has 3 heteroatoms. The first kappa shape index (κ1) is 15.5. The van der Waals surface area contributed by atoms with Crippen LogP contribution in [0.1, 0.15) is 66.2 Å². The van der Waals surface area contributed by atoms with E-state index in [2.05, 4.69) is 31.4 Å². The molecule has 1 amide bonds. The van der Waals surface area contributed by atoms with Crippen molar-refractivity contribution >= 4 is 5.91 Å². The Kier molecular flexibility index (Phi) is 6.69. The largest absolute Gasteiger partial charge is 0.352 e. The molecule has 1 rings (SSSR count). The summed E-state index contributed by atoms with van der Waals surface area (Å²) in [4.78, 5) is 12.0. The van der Waals surface area contributed by atoms with E-state index in [0.717, 1.165) is 25.2 Å². The Bertz CT molecular complexity index is 251. The Balaban J connectivity index is 2.27. The summed E-state index contributed by atoms with van der Waals surface area (Å²) in [7, 11) is 0. The highest BCUT2D eigenvalue weighted by Crippen LogP contribution is 2.34. The van der Waals surface area contributed by atoms with Crippen LogP contribution in [0.2, 0.25) is 0 Å². The Labute approximate surface area is 112 Å². The third-order valence-corrected chi connectivity index (χ3v) is 3.80. The molecule has 0 heterocycles. The van der Waals surface area contributed by atoms with Crippen LogP contribution < -0.4 is 10.6 Å². The fourth-order valence-electron chi connectivity index (χ4n) is 2.41. The summed E-state index contributed by atoms with van der Waals surface area (Å²) < 4.78 is 0. The highest BCUT2D eigenvalue weighted by atomic mass is 16.2. The summed E-state index contributed by atoms with van der Waals surface area (Å²) in [5.41, 5.74) is 0. The van der Waals surface area contributed by atoms with Crippen LogP contribution in [0.15, 0.2) is 0 Å². The molecule has 0 aromatic carbocycles. The second-order valence-corrected chi connectivity index (χ2v) is 5.87. The fraction of sp³-hybridized carbons (Fsp3) is 0.933. The molecule has 2 N–H and O–H groups in total. The molecule has 0 radical (unpaired) electrons. The van der Waals surface area contributed by atoms with Crippen LogP contribution in [-0.4, -0.2) is 24.0 Å². The van der Waals surface area contributed by atoms with Gasteiger partial charge in [0, 0.05) is 12.1 Å². The number of carbonyl (C=O) groups is 1. The van der Waals surface area contributed by atoms with Gasteiger partial charge in [-0.05, 0) is 39.0 Å². The molecule has 1 fully saturated rings. The molecule has 3 unspecified atom stereocenters. The SMILES string of the molecule is CCCC(C)NC(=O)C(C)NC(CC)CC1CC1.